The number of amides is 2. The largest absolute Gasteiger partial charge is 0.495 e. The quantitative estimate of drug-likeness (QED) is 0.584. The number of hydrogen-bond donors (Lipinski definition) is 2. The Hall–Kier alpha value is -3.54. The van der Waals surface area contributed by atoms with Crippen molar-refractivity contribution in [1.29, 1.82) is 0 Å². The number of benzene rings is 1. The maximum atomic E-state index is 14.8. The summed E-state index contributed by atoms with van der Waals surface area (Å²) in [5.74, 6) is -4.18. The molecule has 1 saturated heterocycles. The van der Waals surface area contributed by atoms with Crippen molar-refractivity contribution >= 4 is 35.0 Å². The second-order valence-electron chi connectivity index (χ2n) is 9.94. The van der Waals surface area contributed by atoms with E-state index in [-0.39, 0.29) is 35.4 Å². The van der Waals surface area contributed by atoms with Gasteiger partial charge in [0.2, 0.25) is 5.95 Å². The number of halogens is 2. The van der Waals surface area contributed by atoms with Crippen LogP contribution in [0.25, 0.3) is 0 Å². The van der Waals surface area contributed by atoms with Gasteiger partial charge in [0, 0.05) is 37.9 Å². The molecule has 3 aliphatic rings. The van der Waals surface area contributed by atoms with Crippen LogP contribution in [0.3, 0.4) is 0 Å². The van der Waals surface area contributed by atoms with Crippen LogP contribution in [-0.4, -0.2) is 73.7 Å². The number of fused-ring (bicyclic) bond motifs is 1. The van der Waals surface area contributed by atoms with Gasteiger partial charge < -0.3 is 29.9 Å². The first-order valence-corrected chi connectivity index (χ1v) is 12.9. The Kier molecular flexibility index (Phi) is 7.33. The summed E-state index contributed by atoms with van der Waals surface area (Å²) in [6.45, 7) is 0.514. The van der Waals surface area contributed by atoms with E-state index < -0.39 is 18.4 Å². The Labute approximate surface area is 219 Å². The van der Waals surface area contributed by atoms with Crippen molar-refractivity contribution in [3.63, 3.8) is 0 Å². The lowest BCUT2D eigenvalue weighted by atomic mass is 10.1. The summed E-state index contributed by atoms with van der Waals surface area (Å²) in [5.41, 5.74) is 1.18. The summed E-state index contributed by atoms with van der Waals surface area (Å²) < 4.78 is 40.5. The number of nitrogens with one attached hydrogen (secondary N) is 2. The van der Waals surface area contributed by atoms with Crippen LogP contribution >= 0.6 is 0 Å². The van der Waals surface area contributed by atoms with Crippen molar-refractivity contribution in [3.05, 3.63) is 30.0 Å². The number of carbonyl (C=O) groups excluding carboxylic acids is 2. The fourth-order valence-corrected chi connectivity index (χ4v) is 5.27. The SMILES string of the molecule is COc1cc(C(=O)NC2CCOCC2)ccc1Nc1ncc2c(n1)N(C1CCCC1)CC(F)(F)C(=O)N2C. The number of anilines is 4. The predicted molar refractivity (Wildman–Crippen MR) is 138 cm³/mol. The summed E-state index contributed by atoms with van der Waals surface area (Å²) in [6, 6.07) is 4.91. The van der Waals surface area contributed by atoms with Gasteiger partial charge in [-0.05, 0) is 43.9 Å². The van der Waals surface area contributed by atoms with Crippen LogP contribution in [-0.2, 0) is 9.53 Å². The number of carbonyl (C=O) groups is 2. The Morgan fingerprint density at radius 1 is 1.18 bits per heavy atom. The van der Waals surface area contributed by atoms with Crippen LogP contribution in [0, 0.1) is 0 Å². The van der Waals surface area contributed by atoms with Gasteiger partial charge in [-0.1, -0.05) is 12.8 Å². The number of rotatable bonds is 6. The Bertz CT molecular complexity index is 1200. The van der Waals surface area contributed by atoms with E-state index in [0.29, 0.717) is 30.2 Å². The summed E-state index contributed by atoms with van der Waals surface area (Å²) in [6.07, 6.45) is 6.30. The van der Waals surface area contributed by atoms with Crippen LogP contribution in [0.4, 0.5) is 31.9 Å². The molecule has 12 heteroatoms. The average molecular weight is 531 g/mol. The van der Waals surface area contributed by atoms with E-state index in [1.165, 1.54) is 20.4 Å². The zero-order valence-corrected chi connectivity index (χ0v) is 21.5. The third-order valence-electron chi connectivity index (χ3n) is 7.40. The number of nitrogens with zero attached hydrogens (tertiary/aromatic N) is 4. The third-order valence-corrected chi connectivity index (χ3v) is 7.40. The van der Waals surface area contributed by atoms with Crippen molar-refractivity contribution in [3.8, 4) is 5.75 Å². The van der Waals surface area contributed by atoms with E-state index in [1.807, 2.05) is 0 Å². The first-order chi connectivity index (χ1) is 18.3. The highest BCUT2D eigenvalue weighted by Gasteiger charge is 2.48. The molecule has 0 spiro atoms. The number of aromatic nitrogens is 2. The van der Waals surface area contributed by atoms with Crippen molar-refractivity contribution in [2.24, 2.45) is 0 Å². The monoisotopic (exact) mass is 530 g/mol. The Morgan fingerprint density at radius 2 is 1.92 bits per heavy atom. The van der Waals surface area contributed by atoms with Gasteiger partial charge in [0.05, 0.1) is 25.5 Å². The summed E-state index contributed by atoms with van der Waals surface area (Å²) >= 11 is 0. The van der Waals surface area contributed by atoms with Crippen LogP contribution < -0.4 is 25.2 Å². The van der Waals surface area contributed by atoms with Gasteiger partial charge in [-0.3, -0.25) is 9.59 Å². The summed E-state index contributed by atoms with van der Waals surface area (Å²) in [4.78, 5) is 36.6. The molecule has 10 nitrogen and oxygen atoms in total. The topological polar surface area (TPSA) is 109 Å². The minimum absolute atomic E-state index is 0.0632. The first kappa shape index (κ1) is 26.1. The molecule has 0 atom stereocenters. The minimum Gasteiger partial charge on any atom is -0.495 e. The molecule has 2 amide bonds. The van der Waals surface area contributed by atoms with Crippen molar-refractivity contribution in [2.75, 3.05) is 49.0 Å². The molecule has 1 aliphatic carbocycles. The highest BCUT2D eigenvalue weighted by atomic mass is 19.3. The van der Waals surface area contributed by atoms with Crippen LogP contribution in [0.1, 0.15) is 48.9 Å². The van der Waals surface area contributed by atoms with E-state index in [4.69, 9.17) is 9.47 Å². The Balaban J connectivity index is 1.41. The zero-order valence-electron chi connectivity index (χ0n) is 21.5. The molecule has 2 fully saturated rings. The lowest BCUT2D eigenvalue weighted by Gasteiger charge is -2.31. The van der Waals surface area contributed by atoms with Crippen molar-refractivity contribution in [2.45, 2.75) is 56.5 Å². The molecule has 204 valence electrons. The van der Waals surface area contributed by atoms with E-state index >= 15 is 0 Å². The van der Waals surface area contributed by atoms with E-state index in [1.54, 1.807) is 23.1 Å². The minimum atomic E-state index is -3.55. The van der Waals surface area contributed by atoms with Gasteiger partial charge in [-0.25, -0.2) is 4.98 Å². The van der Waals surface area contributed by atoms with Crippen molar-refractivity contribution in [1.82, 2.24) is 15.3 Å². The van der Waals surface area contributed by atoms with E-state index in [0.717, 1.165) is 43.4 Å². The summed E-state index contributed by atoms with van der Waals surface area (Å²) in [5, 5.41) is 6.11. The fourth-order valence-electron chi connectivity index (χ4n) is 5.27. The van der Waals surface area contributed by atoms with E-state index in [2.05, 4.69) is 20.6 Å². The lowest BCUT2D eigenvalue weighted by molar-refractivity contribution is -0.140. The molecular formula is C26H32F2N6O4. The second-order valence-corrected chi connectivity index (χ2v) is 9.94. The molecule has 2 aliphatic heterocycles. The predicted octanol–water partition coefficient (Wildman–Crippen LogP) is 3.50. The molecule has 2 N–H and O–H groups in total. The molecule has 3 heterocycles. The molecule has 1 aromatic heterocycles. The maximum absolute atomic E-state index is 14.8. The standard InChI is InChI=1S/C26H32F2N6O4/c1-33-20-14-29-25(32-22(20)34(18-5-3-4-6-18)15-26(27,28)24(33)36)31-19-8-7-16(13-21(19)37-2)23(35)30-17-9-11-38-12-10-17/h7-8,13-14,17-18H,3-6,9-12,15H2,1-2H3,(H,30,35)(H,29,31,32). The van der Waals surface area contributed by atoms with Gasteiger partial charge in [0.25, 0.3) is 11.8 Å². The normalized spacial score (nSPS) is 20.2. The first-order valence-electron chi connectivity index (χ1n) is 12.9. The van der Waals surface area contributed by atoms with E-state index in [9.17, 15) is 18.4 Å². The molecule has 0 radical (unpaired) electrons. The number of alkyl halides is 2. The van der Waals surface area contributed by atoms with Crippen LogP contribution in [0.15, 0.2) is 24.4 Å². The highest BCUT2D eigenvalue weighted by Crippen LogP contribution is 2.40. The molecule has 5 rings (SSSR count). The van der Waals surface area contributed by atoms with Gasteiger partial charge in [0.15, 0.2) is 5.82 Å². The van der Waals surface area contributed by atoms with Crippen LogP contribution in [0.2, 0.25) is 0 Å². The molecule has 0 unspecified atom stereocenters. The molecule has 2 aromatic rings. The molecule has 38 heavy (non-hydrogen) atoms. The highest BCUT2D eigenvalue weighted by molar-refractivity contribution is 6.02. The number of ether oxygens (including phenoxy) is 2. The molecule has 1 saturated carbocycles. The van der Waals surface area contributed by atoms with Crippen molar-refractivity contribution < 1.29 is 27.8 Å². The smallest absolute Gasteiger partial charge is 0.342 e. The number of methoxy groups -OCH3 is 1. The fraction of sp³-hybridized carbons (Fsp3) is 0.538. The second kappa shape index (κ2) is 10.7. The average Bonchev–Trinajstić information content (AvgIpc) is 3.44. The van der Waals surface area contributed by atoms with Crippen LogP contribution in [0.5, 0.6) is 5.75 Å². The van der Waals surface area contributed by atoms with Gasteiger partial charge in [0.1, 0.15) is 11.4 Å². The molecular weight excluding hydrogens is 498 g/mol. The summed E-state index contributed by atoms with van der Waals surface area (Å²) in [7, 11) is 2.81. The zero-order chi connectivity index (χ0) is 26.9. The molecule has 0 bridgehead atoms. The number of hydrogen-bond acceptors (Lipinski definition) is 8. The van der Waals surface area contributed by atoms with Gasteiger partial charge >= 0.3 is 5.92 Å². The maximum Gasteiger partial charge on any atom is 0.342 e. The molecule has 1 aromatic carbocycles. The third kappa shape index (κ3) is 5.22. The Morgan fingerprint density at radius 3 is 2.63 bits per heavy atom. The lowest BCUT2D eigenvalue weighted by Crippen LogP contribution is -2.48. The van der Waals surface area contributed by atoms with Gasteiger partial charge in [-0.2, -0.15) is 13.8 Å². The van der Waals surface area contributed by atoms with Gasteiger partial charge in [-0.15, -0.1) is 0 Å².